The molecule has 0 aliphatic rings. The third-order valence-electron chi connectivity index (χ3n) is 2.20. The van der Waals surface area contributed by atoms with Crippen LogP contribution in [0, 0.1) is 6.92 Å². The first-order valence-corrected chi connectivity index (χ1v) is 5.50. The molecule has 0 aliphatic heterocycles. The van der Waals surface area contributed by atoms with Crippen LogP contribution in [-0.2, 0) is 5.60 Å². The molecule has 0 spiro atoms. The lowest BCUT2D eigenvalue weighted by atomic mass is 9.96. The highest BCUT2D eigenvalue weighted by atomic mass is 79.9. The van der Waals surface area contributed by atoms with Gasteiger partial charge >= 0.3 is 0 Å². The molecule has 0 amide bonds. The van der Waals surface area contributed by atoms with Crippen LogP contribution in [0.4, 0.5) is 0 Å². The number of halogens is 1. The molecule has 83 valence electrons. The maximum atomic E-state index is 10.00. The van der Waals surface area contributed by atoms with E-state index in [2.05, 4.69) is 32.9 Å². The molecule has 1 heterocycles. The maximum absolute atomic E-state index is 10.00. The number of aliphatic hydroxyl groups is 1. The van der Waals surface area contributed by atoms with Gasteiger partial charge in [-0.15, -0.1) is 0 Å². The molecule has 0 saturated heterocycles. The molecule has 0 bridgehead atoms. The van der Waals surface area contributed by atoms with E-state index in [9.17, 15) is 5.11 Å². The first kappa shape index (κ1) is 11.3. The van der Waals surface area contributed by atoms with E-state index in [0.29, 0.717) is 5.56 Å². The van der Waals surface area contributed by atoms with Gasteiger partial charge in [-0.25, -0.2) is 9.67 Å². The average molecular weight is 281 g/mol. The van der Waals surface area contributed by atoms with Crippen molar-refractivity contribution in [3.05, 3.63) is 47.8 Å². The normalized spacial score (nSPS) is 11.8. The van der Waals surface area contributed by atoms with E-state index >= 15 is 0 Å². The van der Waals surface area contributed by atoms with Gasteiger partial charge in [0.2, 0.25) is 0 Å². The fourth-order valence-corrected chi connectivity index (χ4v) is 1.83. The second kappa shape index (κ2) is 3.99. The number of rotatable bonds is 2. The number of hydrogen-bond donors (Lipinski definition) is 1. The number of aromatic nitrogens is 3. The van der Waals surface area contributed by atoms with Crippen LogP contribution in [-0.4, -0.2) is 19.9 Å². The molecule has 4 nitrogen and oxygen atoms in total. The van der Waals surface area contributed by atoms with Crippen molar-refractivity contribution < 1.29 is 5.11 Å². The third kappa shape index (κ3) is 2.15. The Hall–Kier alpha value is -1.20. The summed E-state index contributed by atoms with van der Waals surface area (Å²) in [5.41, 5.74) is 0.276. The van der Waals surface area contributed by atoms with Crippen molar-refractivity contribution in [1.29, 1.82) is 0 Å². The molecule has 1 aromatic heterocycles. The summed E-state index contributed by atoms with van der Waals surface area (Å²) < 4.78 is 2.48. The van der Waals surface area contributed by atoms with E-state index in [-0.39, 0.29) is 0 Å². The zero-order chi connectivity index (χ0) is 11.8. The van der Waals surface area contributed by atoms with Crippen LogP contribution < -0.4 is 0 Å². The van der Waals surface area contributed by atoms with E-state index in [0.717, 1.165) is 10.2 Å². The van der Waals surface area contributed by atoms with Crippen molar-refractivity contribution in [2.75, 3.05) is 0 Å². The van der Waals surface area contributed by atoms with Crippen LogP contribution in [0.25, 0.3) is 5.69 Å². The number of nitrogens with zero attached hydrogens (tertiary/aromatic N) is 3. The summed E-state index contributed by atoms with van der Waals surface area (Å²) in [7, 11) is 0. The number of hydrogen-bond acceptors (Lipinski definition) is 3. The van der Waals surface area contributed by atoms with Crippen molar-refractivity contribution in [3.8, 4) is 5.69 Å². The van der Waals surface area contributed by atoms with E-state index in [4.69, 9.17) is 0 Å². The van der Waals surface area contributed by atoms with Crippen molar-refractivity contribution >= 4 is 15.9 Å². The third-order valence-corrected chi connectivity index (χ3v) is 2.70. The molecule has 1 aromatic carbocycles. The van der Waals surface area contributed by atoms with Crippen LogP contribution in [0.15, 0.2) is 35.3 Å². The van der Waals surface area contributed by atoms with Crippen molar-refractivity contribution in [2.24, 2.45) is 0 Å². The van der Waals surface area contributed by atoms with E-state index in [1.165, 1.54) is 6.33 Å². The zero-order valence-corrected chi connectivity index (χ0v) is 10.3. The van der Waals surface area contributed by atoms with E-state index < -0.39 is 5.60 Å². The molecule has 0 saturated carbocycles. The summed E-state index contributed by atoms with van der Waals surface area (Å²) >= 11 is 3.37. The minimum atomic E-state index is -1.18. The second-order valence-electron chi connectivity index (χ2n) is 3.78. The Kier molecular flexibility index (Phi) is 2.82. The lowest BCUT2D eigenvalue weighted by molar-refractivity contribution is 0.108. The molecule has 2 aromatic rings. The van der Waals surface area contributed by atoms with Crippen LogP contribution in [0.1, 0.15) is 12.5 Å². The van der Waals surface area contributed by atoms with Gasteiger partial charge in [0.25, 0.3) is 0 Å². The summed E-state index contributed by atoms with van der Waals surface area (Å²) in [6.45, 7) is 5.36. The molecule has 0 aliphatic carbocycles. The fraction of sp³-hybridized carbons (Fsp3) is 0.182. The van der Waals surface area contributed by atoms with E-state index in [1.807, 2.05) is 18.2 Å². The standard InChI is InChI=1S/C11H11BrN3O/c1-11(2,16)9-5-8(12)3-4-10(9)15-7-13-6-14-15/h3-7,16H,1H2,2H3. The molecule has 16 heavy (non-hydrogen) atoms. The number of benzene rings is 1. The van der Waals surface area contributed by atoms with Gasteiger partial charge in [0.05, 0.1) is 11.3 Å². The van der Waals surface area contributed by atoms with Gasteiger partial charge in [0.1, 0.15) is 12.7 Å². The Morgan fingerprint density at radius 3 is 2.81 bits per heavy atom. The molecule has 2 rings (SSSR count). The Morgan fingerprint density at radius 2 is 2.25 bits per heavy atom. The van der Waals surface area contributed by atoms with Crippen LogP contribution in [0.2, 0.25) is 0 Å². The maximum Gasteiger partial charge on any atom is 0.138 e. The van der Waals surface area contributed by atoms with Gasteiger partial charge in [0.15, 0.2) is 0 Å². The Labute approximate surface area is 102 Å². The lowest BCUT2D eigenvalue weighted by Crippen LogP contribution is -2.19. The van der Waals surface area contributed by atoms with Crippen molar-refractivity contribution in [1.82, 2.24) is 14.8 Å². The summed E-state index contributed by atoms with van der Waals surface area (Å²) in [6.07, 6.45) is 3.03. The molecular formula is C11H11BrN3O. The molecule has 1 atom stereocenters. The first-order valence-electron chi connectivity index (χ1n) is 4.71. The van der Waals surface area contributed by atoms with Gasteiger partial charge in [-0.2, -0.15) is 5.10 Å². The molecule has 1 unspecified atom stereocenters. The van der Waals surface area contributed by atoms with Gasteiger partial charge in [-0.3, -0.25) is 0 Å². The largest absolute Gasteiger partial charge is 0.385 e. The highest BCUT2D eigenvalue weighted by Crippen LogP contribution is 2.28. The minimum absolute atomic E-state index is 0.687. The highest BCUT2D eigenvalue weighted by molar-refractivity contribution is 9.10. The Morgan fingerprint density at radius 1 is 1.50 bits per heavy atom. The van der Waals surface area contributed by atoms with Gasteiger partial charge < -0.3 is 5.11 Å². The minimum Gasteiger partial charge on any atom is -0.385 e. The van der Waals surface area contributed by atoms with Crippen molar-refractivity contribution in [3.63, 3.8) is 0 Å². The molecule has 1 radical (unpaired) electrons. The smallest absolute Gasteiger partial charge is 0.138 e. The van der Waals surface area contributed by atoms with Gasteiger partial charge in [-0.05, 0) is 32.0 Å². The zero-order valence-electron chi connectivity index (χ0n) is 8.76. The van der Waals surface area contributed by atoms with E-state index in [1.54, 1.807) is 17.9 Å². The SMILES string of the molecule is [CH2]C(C)(O)c1cc(Br)ccc1-n1cncn1. The van der Waals surface area contributed by atoms with Crippen molar-refractivity contribution in [2.45, 2.75) is 12.5 Å². The van der Waals surface area contributed by atoms with Crippen LogP contribution in [0.3, 0.4) is 0 Å². The Bertz CT molecular complexity index is 488. The van der Waals surface area contributed by atoms with Gasteiger partial charge in [-0.1, -0.05) is 15.9 Å². The van der Waals surface area contributed by atoms with Gasteiger partial charge in [0, 0.05) is 10.0 Å². The monoisotopic (exact) mass is 280 g/mol. The van der Waals surface area contributed by atoms with Crippen LogP contribution >= 0.6 is 15.9 Å². The molecule has 0 fully saturated rings. The first-order chi connectivity index (χ1) is 7.48. The summed E-state index contributed by atoms with van der Waals surface area (Å²) in [5, 5.41) is 14.0. The summed E-state index contributed by atoms with van der Waals surface area (Å²) in [4.78, 5) is 3.88. The topological polar surface area (TPSA) is 50.9 Å². The molecule has 1 N–H and O–H groups in total. The summed E-state index contributed by atoms with van der Waals surface area (Å²) in [5.74, 6) is 0. The lowest BCUT2D eigenvalue weighted by Gasteiger charge is -2.21. The second-order valence-corrected chi connectivity index (χ2v) is 4.69. The summed E-state index contributed by atoms with van der Waals surface area (Å²) in [6, 6.07) is 5.56. The molecular weight excluding hydrogens is 270 g/mol. The average Bonchev–Trinajstić information content (AvgIpc) is 2.69. The van der Waals surface area contributed by atoms with Crippen LogP contribution in [0.5, 0.6) is 0 Å². The highest BCUT2D eigenvalue weighted by Gasteiger charge is 2.21. The predicted molar refractivity (Wildman–Crippen MR) is 64.0 cm³/mol. The molecule has 5 heteroatoms. The predicted octanol–water partition coefficient (Wildman–Crippen LogP) is 2.07. The Balaban J connectivity index is 2.62. The quantitative estimate of drug-likeness (QED) is 0.916. The fourth-order valence-electron chi connectivity index (χ4n) is 1.47.